The Labute approximate surface area is 141 Å². The second-order valence-corrected chi connectivity index (χ2v) is 5.82. The molecule has 0 saturated heterocycles. The highest BCUT2D eigenvalue weighted by molar-refractivity contribution is 5.76. The van der Waals surface area contributed by atoms with Crippen molar-refractivity contribution in [1.29, 1.82) is 0 Å². The van der Waals surface area contributed by atoms with Crippen LogP contribution in [0, 0.1) is 6.92 Å². The Kier molecular flexibility index (Phi) is 5.89. The van der Waals surface area contributed by atoms with E-state index in [9.17, 15) is 9.59 Å². The quantitative estimate of drug-likeness (QED) is 0.797. The molecule has 1 amide bonds. The van der Waals surface area contributed by atoms with Crippen molar-refractivity contribution in [3.63, 3.8) is 0 Å². The molecular weight excluding hydrogens is 306 g/mol. The van der Waals surface area contributed by atoms with Gasteiger partial charge in [0.15, 0.2) is 0 Å². The fraction of sp³-hybridized carbons (Fsp3) is 0.529. The molecule has 0 bridgehead atoms. The van der Waals surface area contributed by atoms with Gasteiger partial charge >= 0.3 is 0 Å². The molecule has 0 aromatic carbocycles. The molecule has 2 rings (SSSR count). The number of carbonyl (C=O) groups excluding carboxylic acids is 1. The van der Waals surface area contributed by atoms with Gasteiger partial charge in [0.05, 0.1) is 11.9 Å². The number of nitrogens with one attached hydrogen (secondary N) is 2. The Morgan fingerprint density at radius 2 is 2.04 bits per heavy atom. The number of carbonyl (C=O) groups is 1. The van der Waals surface area contributed by atoms with Crippen LogP contribution in [0.1, 0.15) is 48.3 Å². The first-order valence-corrected chi connectivity index (χ1v) is 8.31. The zero-order valence-corrected chi connectivity index (χ0v) is 14.8. The van der Waals surface area contributed by atoms with Crippen LogP contribution in [0.4, 0.5) is 0 Å². The smallest absolute Gasteiger partial charge is 0.269 e. The molecule has 0 unspecified atom stereocenters. The van der Waals surface area contributed by atoms with Crippen molar-refractivity contribution in [3.8, 4) is 0 Å². The fourth-order valence-corrected chi connectivity index (χ4v) is 2.77. The summed E-state index contributed by atoms with van der Waals surface area (Å²) in [6.07, 6.45) is 4.27. The van der Waals surface area contributed by atoms with E-state index in [1.165, 1.54) is 0 Å². The van der Waals surface area contributed by atoms with Crippen LogP contribution in [0.25, 0.3) is 0 Å². The molecule has 130 valence electrons. The van der Waals surface area contributed by atoms with Gasteiger partial charge in [0.25, 0.3) is 5.56 Å². The van der Waals surface area contributed by atoms with Crippen LogP contribution in [-0.2, 0) is 37.6 Å². The average molecular weight is 331 g/mol. The lowest BCUT2D eigenvalue weighted by molar-refractivity contribution is -0.121. The second-order valence-electron chi connectivity index (χ2n) is 5.82. The standard InChI is InChI=1S/C17H25N5O2/c1-5-13-14(17(24)21-20-15(13)6-2)10-18-16(23)8-7-12-9-19-22(4)11(12)3/h9H,5-8,10H2,1-4H3,(H,18,23)(H,21,24). The maximum absolute atomic E-state index is 12.1. The Balaban J connectivity index is 1.99. The molecule has 2 aromatic heterocycles. The van der Waals surface area contributed by atoms with E-state index in [0.29, 0.717) is 18.4 Å². The summed E-state index contributed by atoms with van der Waals surface area (Å²) in [5.41, 5.74) is 4.32. The molecule has 0 fully saturated rings. The van der Waals surface area contributed by atoms with Crippen LogP contribution in [0.3, 0.4) is 0 Å². The number of hydrogen-bond acceptors (Lipinski definition) is 4. The van der Waals surface area contributed by atoms with Gasteiger partial charge in [-0.25, -0.2) is 5.10 Å². The third kappa shape index (κ3) is 3.90. The van der Waals surface area contributed by atoms with Crippen molar-refractivity contribution < 1.29 is 4.79 Å². The van der Waals surface area contributed by atoms with Crippen molar-refractivity contribution in [3.05, 3.63) is 44.6 Å². The maximum Gasteiger partial charge on any atom is 0.269 e. The van der Waals surface area contributed by atoms with Gasteiger partial charge in [0.1, 0.15) is 0 Å². The maximum atomic E-state index is 12.1. The van der Waals surface area contributed by atoms with E-state index in [-0.39, 0.29) is 18.0 Å². The second kappa shape index (κ2) is 7.90. The van der Waals surface area contributed by atoms with Gasteiger partial charge in [-0.05, 0) is 37.3 Å². The van der Waals surface area contributed by atoms with E-state index in [1.54, 1.807) is 10.9 Å². The summed E-state index contributed by atoms with van der Waals surface area (Å²) < 4.78 is 1.80. The average Bonchev–Trinajstić information content (AvgIpc) is 2.90. The highest BCUT2D eigenvalue weighted by Crippen LogP contribution is 2.11. The van der Waals surface area contributed by atoms with Crippen LogP contribution < -0.4 is 10.9 Å². The summed E-state index contributed by atoms with van der Waals surface area (Å²) in [6.45, 7) is 6.21. The van der Waals surface area contributed by atoms with E-state index in [1.807, 2.05) is 27.8 Å². The van der Waals surface area contributed by atoms with Gasteiger partial charge in [-0.2, -0.15) is 10.2 Å². The first-order chi connectivity index (χ1) is 11.5. The normalized spacial score (nSPS) is 10.8. The van der Waals surface area contributed by atoms with E-state index < -0.39 is 0 Å². The van der Waals surface area contributed by atoms with Crippen molar-refractivity contribution in [2.24, 2.45) is 7.05 Å². The molecule has 0 atom stereocenters. The molecule has 0 spiro atoms. The van der Waals surface area contributed by atoms with Gasteiger partial charge in [0, 0.05) is 31.3 Å². The van der Waals surface area contributed by atoms with Gasteiger partial charge < -0.3 is 5.32 Å². The SMILES string of the molecule is CCc1n[nH]c(=O)c(CNC(=O)CCc2cnn(C)c2C)c1CC. The Morgan fingerprint density at radius 3 is 2.62 bits per heavy atom. The molecule has 7 nitrogen and oxygen atoms in total. The molecule has 7 heteroatoms. The molecule has 24 heavy (non-hydrogen) atoms. The summed E-state index contributed by atoms with van der Waals surface area (Å²) in [5.74, 6) is -0.0745. The fourth-order valence-electron chi connectivity index (χ4n) is 2.77. The topological polar surface area (TPSA) is 92.7 Å². The number of amides is 1. The van der Waals surface area contributed by atoms with Gasteiger partial charge in [-0.1, -0.05) is 13.8 Å². The van der Waals surface area contributed by atoms with Gasteiger partial charge in [-0.3, -0.25) is 14.3 Å². The molecule has 0 saturated carbocycles. The minimum Gasteiger partial charge on any atom is -0.352 e. The predicted molar refractivity (Wildman–Crippen MR) is 91.7 cm³/mol. The highest BCUT2D eigenvalue weighted by Gasteiger charge is 2.13. The summed E-state index contributed by atoms with van der Waals surface area (Å²) >= 11 is 0. The number of aromatic amines is 1. The Hall–Kier alpha value is -2.44. The highest BCUT2D eigenvalue weighted by atomic mass is 16.1. The number of H-pyrrole nitrogens is 1. The van der Waals surface area contributed by atoms with E-state index in [2.05, 4.69) is 20.6 Å². The van der Waals surface area contributed by atoms with E-state index >= 15 is 0 Å². The van der Waals surface area contributed by atoms with Crippen LogP contribution in [0.2, 0.25) is 0 Å². The number of nitrogens with zero attached hydrogens (tertiary/aromatic N) is 3. The number of rotatable bonds is 7. The Bertz CT molecular complexity index is 776. The molecular formula is C17H25N5O2. The molecule has 0 radical (unpaired) electrons. The van der Waals surface area contributed by atoms with Crippen LogP contribution in [-0.4, -0.2) is 25.9 Å². The van der Waals surface area contributed by atoms with E-state index in [4.69, 9.17) is 0 Å². The van der Waals surface area contributed by atoms with Crippen molar-refractivity contribution >= 4 is 5.91 Å². The first kappa shape index (κ1) is 17.9. The summed E-state index contributed by atoms with van der Waals surface area (Å²) in [7, 11) is 1.88. The lowest BCUT2D eigenvalue weighted by atomic mass is 10.0. The Morgan fingerprint density at radius 1 is 1.29 bits per heavy atom. The lowest BCUT2D eigenvalue weighted by Gasteiger charge is -2.11. The molecule has 2 aromatic rings. The lowest BCUT2D eigenvalue weighted by Crippen LogP contribution is -2.29. The minimum atomic E-state index is -0.229. The van der Waals surface area contributed by atoms with Gasteiger partial charge in [-0.15, -0.1) is 0 Å². The van der Waals surface area contributed by atoms with Crippen LogP contribution >= 0.6 is 0 Å². The van der Waals surface area contributed by atoms with Crippen LogP contribution in [0.5, 0.6) is 0 Å². The zero-order chi connectivity index (χ0) is 17.7. The monoisotopic (exact) mass is 331 g/mol. The number of hydrogen-bond donors (Lipinski definition) is 2. The number of aromatic nitrogens is 4. The molecule has 0 aliphatic carbocycles. The molecule has 0 aliphatic rings. The predicted octanol–water partition coefficient (Wildman–Crippen LogP) is 1.19. The first-order valence-electron chi connectivity index (χ1n) is 8.31. The molecule has 0 aliphatic heterocycles. The third-order valence-corrected chi connectivity index (χ3v) is 4.39. The molecule has 2 N–H and O–H groups in total. The minimum absolute atomic E-state index is 0.0745. The summed E-state index contributed by atoms with van der Waals surface area (Å²) in [5, 5.41) is 13.6. The summed E-state index contributed by atoms with van der Waals surface area (Å²) in [4.78, 5) is 24.1. The largest absolute Gasteiger partial charge is 0.352 e. The van der Waals surface area contributed by atoms with Crippen LogP contribution in [0.15, 0.2) is 11.0 Å². The third-order valence-electron chi connectivity index (χ3n) is 4.39. The number of aryl methyl sites for hydroxylation is 3. The van der Waals surface area contributed by atoms with Crippen molar-refractivity contribution in [1.82, 2.24) is 25.3 Å². The van der Waals surface area contributed by atoms with Crippen molar-refractivity contribution in [2.75, 3.05) is 0 Å². The van der Waals surface area contributed by atoms with Gasteiger partial charge in [0.2, 0.25) is 5.91 Å². The van der Waals surface area contributed by atoms with Crippen molar-refractivity contribution in [2.45, 2.75) is 53.0 Å². The summed E-state index contributed by atoms with van der Waals surface area (Å²) in [6, 6.07) is 0. The zero-order valence-electron chi connectivity index (χ0n) is 14.8. The molecule has 2 heterocycles. The van der Waals surface area contributed by atoms with E-state index in [0.717, 1.165) is 35.4 Å².